The molecule has 0 aliphatic carbocycles. The SMILES string of the molecule is O=S(=O)(NCC(O)(c1ccsc1)c1cccs1)c1ccccc1. The van der Waals surface area contributed by atoms with E-state index in [1.165, 1.54) is 34.8 Å². The van der Waals surface area contributed by atoms with Crippen molar-refractivity contribution in [2.24, 2.45) is 0 Å². The van der Waals surface area contributed by atoms with Gasteiger partial charge in [0.05, 0.1) is 4.90 Å². The van der Waals surface area contributed by atoms with Crippen molar-refractivity contribution >= 4 is 32.7 Å². The number of benzene rings is 1. The second-order valence-corrected chi connectivity index (χ2v) is 8.48. The number of thiophene rings is 2. The smallest absolute Gasteiger partial charge is 0.240 e. The summed E-state index contributed by atoms with van der Waals surface area (Å²) in [6.07, 6.45) is 0. The lowest BCUT2D eigenvalue weighted by Crippen LogP contribution is -2.40. The molecular formula is C16H15NO3S3. The number of hydrogen-bond donors (Lipinski definition) is 2. The van der Waals surface area contributed by atoms with Crippen molar-refractivity contribution in [2.75, 3.05) is 6.54 Å². The molecule has 0 spiro atoms. The third-order valence-electron chi connectivity index (χ3n) is 3.50. The first-order valence-electron chi connectivity index (χ1n) is 6.86. The topological polar surface area (TPSA) is 66.4 Å². The molecule has 2 aromatic heterocycles. The third-order valence-corrected chi connectivity index (χ3v) is 6.62. The summed E-state index contributed by atoms with van der Waals surface area (Å²) in [4.78, 5) is 0.880. The van der Waals surface area contributed by atoms with Crippen LogP contribution in [0.2, 0.25) is 0 Å². The molecule has 3 rings (SSSR count). The lowest BCUT2D eigenvalue weighted by atomic mass is 9.95. The summed E-state index contributed by atoms with van der Waals surface area (Å²) < 4.78 is 27.3. The van der Waals surface area contributed by atoms with Gasteiger partial charge >= 0.3 is 0 Å². The summed E-state index contributed by atoms with van der Waals surface area (Å²) in [6, 6.07) is 13.6. The first kappa shape index (κ1) is 16.4. The molecule has 23 heavy (non-hydrogen) atoms. The number of rotatable bonds is 6. The Kier molecular flexibility index (Phi) is 4.65. The van der Waals surface area contributed by atoms with Crippen molar-refractivity contribution in [3.05, 3.63) is 75.1 Å². The standard InChI is InChI=1S/C16H15NO3S3/c18-16(13-8-10-21-11-13,15-7-4-9-22-15)12-17-23(19,20)14-5-2-1-3-6-14/h1-11,17-18H,12H2. The van der Waals surface area contributed by atoms with Crippen LogP contribution >= 0.6 is 22.7 Å². The van der Waals surface area contributed by atoms with Crippen LogP contribution in [0.4, 0.5) is 0 Å². The van der Waals surface area contributed by atoms with E-state index < -0.39 is 15.6 Å². The predicted molar refractivity (Wildman–Crippen MR) is 93.3 cm³/mol. The van der Waals surface area contributed by atoms with Crippen LogP contribution in [0.1, 0.15) is 10.4 Å². The molecule has 7 heteroatoms. The quantitative estimate of drug-likeness (QED) is 0.706. The molecule has 2 N–H and O–H groups in total. The van der Waals surface area contributed by atoms with Crippen LogP contribution in [-0.4, -0.2) is 20.1 Å². The summed E-state index contributed by atoms with van der Waals surface area (Å²) in [5, 5.41) is 16.7. The summed E-state index contributed by atoms with van der Waals surface area (Å²) in [6.45, 7) is -0.124. The highest BCUT2D eigenvalue weighted by atomic mass is 32.2. The summed E-state index contributed by atoms with van der Waals surface area (Å²) >= 11 is 2.86. The fourth-order valence-electron chi connectivity index (χ4n) is 2.23. The van der Waals surface area contributed by atoms with E-state index in [2.05, 4.69) is 4.72 Å². The molecule has 1 aromatic carbocycles. The highest BCUT2D eigenvalue weighted by Gasteiger charge is 2.34. The molecular weight excluding hydrogens is 350 g/mol. The Morgan fingerprint density at radius 1 is 1.04 bits per heavy atom. The molecule has 1 unspecified atom stereocenters. The Morgan fingerprint density at radius 3 is 2.43 bits per heavy atom. The van der Waals surface area contributed by atoms with E-state index in [0.29, 0.717) is 10.4 Å². The Balaban J connectivity index is 1.89. The molecule has 0 radical (unpaired) electrons. The third kappa shape index (κ3) is 3.39. The lowest BCUT2D eigenvalue weighted by Gasteiger charge is -2.26. The molecule has 0 amide bonds. The molecule has 0 saturated carbocycles. The van der Waals surface area contributed by atoms with Crippen LogP contribution in [0.15, 0.2) is 69.6 Å². The fraction of sp³-hybridized carbons (Fsp3) is 0.125. The molecule has 2 heterocycles. The van der Waals surface area contributed by atoms with Crippen molar-refractivity contribution in [2.45, 2.75) is 10.5 Å². The maximum Gasteiger partial charge on any atom is 0.240 e. The Labute approximate surface area is 143 Å². The van der Waals surface area contributed by atoms with Gasteiger partial charge in [-0.2, -0.15) is 11.3 Å². The Bertz CT molecular complexity index is 807. The molecule has 3 aromatic rings. The summed E-state index contributed by atoms with van der Waals surface area (Å²) in [7, 11) is -3.68. The van der Waals surface area contributed by atoms with E-state index in [9.17, 15) is 13.5 Å². The number of hydrogen-bond acceptors (Lipinski definition) is 5. The first-order chi connectivity index (χ1) is 11.0. The second kappa shape index (κ2) is 6.54. The predicted octanol–water partition coefficient (Wildman–Crippen LogP) is 3.02. The van der Waals surface area contributed by atoms with E-state index in [1.54, 1.807) is 30.3 Å². The molecule has 0 aliphatic heterocycles. The zero-order valence-corrected chi connectivity index (χ0v) is 14.5. The highest BCUT2D eigenvalue weighted by molar-refractivity contribution is 7.89. The van der Waals surface area contributed by atoms with Gasteiger partial charge in [0.15, 0.2) is 0 Å². The van der Waals surface area contributed by atoms with Gasteiger partial charge in [0, 0.05) is 17.0 Å². The normalized spacial score (nSPS) is 14.5. The van der Waals surface area contributed by atoms with Gasteiger partial charge in [0.1, 0.15) is 5.60 Å². The van der Waals surface area contributed by atoms with Gasteiger partial charge in [-0.25, -0.2) is 13.1 Å². The van der Waals surface area contributed by atoms with Gasteiger partial charge < -0.3 is 5.11 Å². The van der Waals surface area contributed by atoms with Crippen LogP contribution in [0.5, 0.6) is 0 Å². The van der Waals surface area contributed by atoms with E-state index in [-0.39, 0.29) is 11.4 Å². The minimum Gasteiger partial charge on any atom is -0.378 e. The van der Waals surface area contributed by atoms with Crippen LogP contribution < -0.4 is 4.72 Å². The van der Waals surface area contributed by atoms with E-state index in [1.807, 2.05) is 22.2 Å². The van der Waals surface area contributed by atoms with Gasteiger partial charge in [-0.05, 0) is 40.4 Å². The monoisotopic (exact) mass is 365 g/mol. The summed E-state index contributed by atoms with van der Waals surface area (Å²) in [5.41, 5.74) is -0.698. The van der Waals surface area contributed by atoms with Crippen LogP contribution in [-0.2, 0) is 15.6 Å². The summed E-state index contributed by atoms with van der Waals surface area (Å²) in [5.74, 6) is 0. The average Bonchev–Trinajstić information content (AvgIpc) is 3.27. The van der Waals surface area contributed by atoms with Crippen molar-refractivity contribution in [1.29, 1.82) is 0 Å². The number of sulfonamides is 1. The average molecular weight is 366 g/mol. The number of nitrogens with one attached hydrogen (secondary N) is 1. The Hall–Kier alpha value is -1.51. The van der Waals surface area contributed by atoms with Crippen molar-refractivity contribution in [3.63, 3.8) is 0 Å². The molecule has 1 atom stereocenters. The largest absolute Gasteiger partial charge is 0.378 e. The van der Waals surface area contributed by atoms with Gasteiger partial charge in [0.2, 0.25) is 10.0 Å². The van der Waals surface area contributed by atoms with Crippen LogP contribution in [0.3, 0.4) is 0 Å². The van der Waals surface area contributed by atoms with Gasteiger partial charge in [-0.1, -0.05) is 24.3 Å². The van der Waals surface area contributed by atoms with Gasteiger partial charge in [-0.15, -0.1) is 11.3 Å². The van der Waals surface area contributed by atoms with Crippen molar-refractivity contribution in [3.8, 4) is 0 Å². The molecule has 0 saturated heterocycles. The molecule has 0 aliphatic rings. The lowest BCUT2D eigenvalue weighted by molar-refractivity contribution is 0.0903. The fourth-order valence-corrected chi connectivity index (χ4v) is 4.88. The van der Waals surface area contributed by atoms with E-state index >= 15 is 0 Å². The maximum absolute atomic E-state index is 12.4. The van der Waals surface area contributed by atoms with Crippen molar-refractivity contribution < 1.29 is 13.5 Å². The van der Waals surface area contributed by atoms with E-state index in [4.69, 9.17) is 0 Å². The van der Waals surface area contributed by atoms with Crippen molar-refractivity contribution in [1.82, 2.24) is 4.72 Å². The zero-order valence-electron chi connectivity index (χ0n) is 12.0. The number of aliphatic hydroxyl groups is 1. The van der Waals surface area contributed by atoms with Crippen LogP contribution in [0, 0.1) is 0 Å². The van der Waals surface area contributed by atoms with Gasteiger partial charge in [-0.3, -0.25) is 0 Å². The molecule has 4 nitrogen and oxygen atoms in total. The van der Waals surface area contributed by atoms with Crippen LogP contribution in [0.25, 0.3) is 0 Å². The highest BCUT2D eigenvalue weighted by Crippen LogP contribution is 2.33. The van der Waals surface area contributed by atoms with E-state index in [0.717, 1.165) is 0 Å². The zero-order chi connectivity index (χ0) is 16.3. The van der Waals surface area contributed by atoms with Gasteiger partial charge in [0.25, 0.3) is 0 Å². The minimum absolute atomic E-state index is 0.124. The first-order valence-corrected chi connectivity index (χ1v) is 10.2. The Morgan fingerprint density at radius 2 is 1.83 bits per heavy atom. The second-order valence-electron chi connectivity index (χ2n) is 4.99. The minimum atomic E-state index is -3.68. The molecule has 120 valence electrons. The molecule has 0 bridgehead atoms. The maximum atomic E-state index is 12.4. The molecule has 0 fully saturated rings.